The monoisotopic (exact) mass is 315 g/mol. The summed E-state index contributed by atoms with van der Waals surface area (Å²) < 4.78 is 2.22. The van der Waals surface area contributed by atoms with Crippen LogP contribution < -0.4 is 5.32 Å². The van der Waals surface area contributed by atoms with E-state index in [0.717, 1.165) is 32.4 Å². The van der Waals surface area contributed by atoms with E-state index in [1.807, 2.05) is 19.2 Å². The molecule has 0 spiro atoms. The Labute approximate surface area is 136 Å². The summed E-state index contributed by atoms with van der Waals surface area (Å²) in [6.45, 7) is 2.29. The van der Waals surface area contributed by atoms with Crippen LogP contribution in [-0.4, -0.2) is 46.8 Å². The highest BCUT2D eigenvalue weighted by Crippen LogP contribution is 2.27. The Bertz CT molecular complexity index is 661. The minimum absolute atomic E-state index is 0.0243. The third-order valence-electron chi connectivity index (χ3n) is 4.62. The standard InChI is InChI=1S/C18H25N3O2/c1-20(13-14-11-16(22)12-14)18(23)19-8-4-9-21-10-7-15-5-2-3-6-17(15)21/h2-3,5-7,10,14,16,22H,4,8-9,11-13H2,1H3,(H,19,23). The maximum Gasteiger partial charge on any atom is 0.317 e. The molecule has 2 amide bonds. The number of nitrogens with one attached hydrogen (secondary N) is 1. The van der Waals surface area contributed by atoms with Crippen LogP contribution in [0.2, 0.25) is 0 Å². The van der Waals surface area contributed by atoms with Crippen molar-refractivity contribution >= 4 is 16.9 Å². The van der Waals surface area contributed by atoms with Gasteiger partial charge in [0.05, 0.1) is 6.10 Å². The number of rotatable bonds is 6. The number of fused-ring (bicyclic) bond motifs is 1. The Hall–Kier alpha value is -2.01. The molecule has 23 heavy (non-hydrogen) atoms. The van der Waals surface area contributed by atoms with Crippen molar-refractivity contribution in [2.75, 3.05) is 20.1 Å². The number of aryl methyl sites for hydroxylation is 1. The third kappa shape index (κ3) is 3.85. The largest absolute Gasteiger partial charge is 0.393 e. The lowest BCUT2D eigenvalue weighted by molar-refractivity contribution is 0.0325. The summed E-state index contributed by atoms with van der Waals surface area (Å²) >= 11 is 0. The smallest absolute Gasteiger partial charge is 0.317 e. The first-order chi connectivity index (χ1) is 11.1. The second kappa shape index (κ2) is 7.04. The van der Waals surface area contributed by atoms with E-state index in [0.29, 0.717) is 12.5 Å². The number of carbonyl (C=O) groups is 1. The van der Waals surface area contributed by atoms with Crippen molar-refractivity contribution in [3.63, 3.8) is 0 Å². The number of aromatic nitrogens is 1. The quantitative estimate of drug-likeness (QED) is 0.805. The molecule has 0 aliphatic heterocycles. The summed E-state index contributed by atoms with van der Waals surface area (Å²) in [5, 5.41) is 13.5. The Kier molecular flexibility index (Phi) is 4.86. The molecule has 0 atom stereocenters. The van der Waals surface area contributed by atoms with Crippen LogP contribution in [0.25, 0.3) is 10.9 Å². The highest BCUT2D eigenvalue weighted by Gasteiger charge is 2.28. The Morgan fingerprint density at radius 1 is 1.35 bits per heavy atom. The molecule has 5 nitrogen and oxygen atoms in total. The Morgan fingerprint density at radius 2 is 2.13 bits per heavy atom. The molecule has 1 saturated carbocycles. The molecule has 1 fully saturated rings. The van der Waals surface area contributed by atoms with Crippen molar-refractivity contribution < 1.29 is 9.90 Å². The van der Waals surface area contributed by atoms with Gasteiger partial charge in [0.2, 0.25) is 0 Å². The molecule has 0 radical (unpaired) electrons. The maximum atomic E-state index is 12.0. The van der Waals surface area contributed by atoms with Crippen molar-refractivity contribution in [3.8, 4) is 0 Å². The Morgan fingerprint density at radius 3 is 2.91 bits per heavy atom. The average Bonchev–Trinajstić information content (AvgIpc) is 2.93. The van der Waals surface area contributed by atoms with Gasteiger partial charge in [-0.25, -0.2) is 4.79 Å². The molecule has 124 valence electrons. The lowest BCUT2D eigenvalue weighted by Crippen LogP contribution is -2.44. The topological polar surface area (TPSA) is 57.5 Å². The number of carbonyl (C=O) groups excluding carboxylic acids is 1. The molecule has 1 aromatic carbocycles. The van der Waals surface area contributed by atoms with E-state index in [2.05, 4.69) is 34.3 Å². The lowest BCUT2D eigenvalue weighted by Gasteiger charge is -2.34. The summed E-state index contributed by atoms with van der Waals surface area (Å²) in [5.74, 6) is 0.451. The van der Waals surface area contributed by atoms with E-state index in [4.69, 9.17) is 0 Å². The highest BCUT2D eigenvalue weighted by molar-refractivity contribution is 5.79. The van der Waals surface area contributed by atoms with Crippen molar-refractivity contribution in [1.82, 2.24) is 14.8 Å². The summed E-state index contributed by atoms with van der Waals surface area (Å²) in [5.41, 5.74) is 1.24. The van der Waals surface area contributed by atoms with Gasteiger partial charge in [-0.15, -0.1) is 0 Å². The maximum absolute atomic E-state index is 12.0. The van der Waals surface area contributed by atoms with E-state index >= 15 is 0 Å². The number of amides is 2. The van der Waals surface area contributed by atoms with Gasteiger partial charge in [-0.05, 0) is 42.7 Å². The minimum Gasteiger partial charge on any atom is -0.393 e. The predicted molar refractivity (Wildman–Crippen MR) is 91.3 cm³/mol. The fourth-order valence-electron chi connectivity index (χ4n) is 3.24. The van der Waals surface area contributed by atoms with Crippen molar-refractivity contribution in [2.24, 2.45) is 5.92 Å². The van der Waals surface area contributed by atoms with Crippen LogP contribution in [0.1, 0.15) is 19.3 Å². The van der Waals surface area contributed by atoms with Crippen LogP contribution in [0.4, 0.5) is 4.79 Å². The number of para-hydroxylation sites is 1. The van der Waals surface area contributed by atoms with Crippen LogP contribution >= 0.6 is 0 Å². The lowest BCUT2D eigenvalue weighted by atomic mass is 9.82. The van der Waals surface area contributed by atoms with Gasteiger partial charge < -0.3 is 19.9 Å². The fourth-order valence-corrected chi connectivity index (χ4v) is 3.24. The molecule has 3 rings (SSSR count). The first-order valence-corrected chi connectivity index (χ1v) is 8.34. The SMILES string of the molecule is CN(CC1CC(O)C1)C(=O)NCCCn1ccc2ccccc21. The normalized spacial score (nSPS) is 20.3. The molecule has 1 aromatic heterocycles. The summed E-state index contributed by atoms with van der Waals surface area (Å²) in [7, 11) is 1.82. The van der Waals surface area contributed by atoms with Gasteiger partial charge in [0.15, 0.2) is 0 Å². The molecular weight excluding hydrogens is 290 g/mol. The summed E-state index contributed by atoms with van der Waals surface area (Å²) in [6.07, 6.45) is 4.48. The molecule has 1 heterocycles. The van der Waals surface area contributed by atoms with Crippen LogP contribution in [-0.2, 0) is 6.54 Å². The van der Waals surface area contributed by atoms with Crippen LogP contribution in [0.5, 0.6) is 0 Å². The second-order valence-electron chi connectivity index (χ2n) is 6.53. The highest BCUT2D eigenvalue weighted by atomic mass is 16.3. The molecule has 0 bridgehead atoms. The van der Waals surface area contributed by atoms with Crippen molar-refractivity contribution in [1.29, 1.82) is 0 Å². The molecule has 0 unspecified atom stereocenters. The number of hydrogen-bond donors (Lipinski definition) is 2. The first-order valence-electron chi connectivity index (χ1n) is 8.34. The van der Waals surface area contributed by atoms with E-state index in [-0.39, 0.29) is 12.1 Å². The fraction of sp³-hybridized carbons (Fsp3) is 0.500. The van der Waals surface area contributed by atoms with Gasteiger partial charge in [0.25, 0.3) is 0 Å². The molecule has 5 heteroatoms. The minimum atomic E-state index is -0.159. The number of benzene rings is 1. The van der Waals surface area contributed by atoms with Gasteiger partial charge in [-0.1, -0.05) is 18.2 Å². The predicted octanol–water partition coefficient (Wildman–Crippen LogP) is 2.44. The van der Waals surface area contributed by atoms with E-state index < -0.39 is 0 Å². The molecule has 2 aromatic rings. The van der Waals surface area contributed by atoms with Crippen molar-refractivity contribution in [3.05, 3.63) is 36.5 Å². The zero-order valence-corrected chi connectivity index (χ0v) is 13.6. The number of nitrogens with zero attached hydrogens (tertiary/aromatic N) is 2. The third-order valence-corrected chi connectivity index (χ3v) is 4.62. The van der Waals surface area contributed by atoms with Crippen LogP contribution in [0.3, 0.4) is 0 Å². The Balaban J connectivity index is 1.38. The molecular formula is C18H25N3O2. The van der Waals surface area contributed by atoms with Crippen molar-refractivity contribution in [2.45, 2.75) is 31.9 Å². The van der Waals surface area contributed by atoms with Gasteiger partial charge in [0, 0.05) is 38.4 Å². The van der Waals surface area contributed by atoms with Crippen LogP contribution in [0.15, 0.2) is 36.5 Å². The zero-order chi connectivity index (χ0) is 16.2. The van der Waals surface area contributed by atoms with Gasteiger partial charge in [0.1, 0.15) is 0 Å². The number of urea groups is 1. The average molecular weight is 315 g/mol. The molecule has 1 aliphatic rings. The second-order valence-corrected chi connectivity index (χ2v) is 6.53. The summed E-state index contributed by atoms with van der Waals surface area (Å²) in [6, 6.07) is 10.4. The zero-order valence-electron chi connectivity index (χ0n) is 13.6. The van der Waals surface area contributed by atoms with E-state index in [9.17, 15) is 9.90 Å². The summed E-state index contributed by atoms with van der Waals surface area (Å²) in [4.78, 5) is 13.7. The van der Waals surface area contributed by atoms with Crippen LogP contribution in [0, 0.1) is 5.92 Å². The number of hydrogen-bond acceptors (Lipinski definition) is 2. The molecule has 0 saturated heterocycles. The molecule has 2 N–H and O–H groups in total. The molecule has 1 aliphatic carbocycles. The van der Waals surface area contributed by atoms with Gasteiger partial charge >= 0.3 is 6.03 Å². The first kappa shape index (κ1) is 15.9. The van der Waals surface area contributed by atoms with Gasteiger partial charge in [-0.3, -0.25) is 0 Å². The van der Waals surface area contributed by atoms with E-state index in [1.165, 1.54) is 10.9 Å². The number of aliphatic hydroxyl groups excluding tert-OH is 1. The van der Waals surface area contributed by atoms with E-state index in [1.54, 1.807) is 4.90 Å². The van der Waals surface area contributed by atoms with Gasteiger partial charge in [-0.2, -0.15) is 0 Å². The number of aliphatic hydroxyl groups is 1.